The number of methoxy groups -OCH3 is 1. The summed E-state index contributed by atoms with van der Waals surface area (Å²) in [5, 5.41) is 5.20. The number of amides is 1. The Morgan fingerprint density at radius 2 is 1.86 bits per heavy atom. The molecule has 7 heteroatoms. The van der Waals surface area contributed by atoms with Gasteiger partial charge in [0.15, 0.2) is 6.61 Å². The molecule has 150 valence electrons. The highest BCUT2D eigenvalue weighted by atomic mass is 35.5. The number of anilines is 1. The maximum absolute atomic E-state index is 12.3. The van der Waals surface area contributed by atoms with Crippen LogP contribution in [0.1, 0.15) is 28.9 Å². The van der Waals surface area contributed by atoms with Crippen molar-refractivity contribution in [2.24, 2.45) is 0 Å². The van der Waals surface area contributed by atoms with E-state index in [0.29, 0.717) is 0 Å². The predicted molar refractivity (Wildman–Crippen MR) is 113 cm³/mol. The number of esters is 1. The second-order valence-corrected chi connectivity index (χ2v) is 6.91. The zero-order valence-electron chi connectivity index (χ0n) is 16.1. The van der Waals surface area contributed by atoms with Gasteiger partial charge in [-0.15, -0.1) is 0 Å². The van der Waals surface area contributed by atoms with Crippen molar-refractivity contribution < 1.29 is 19.1 Å². The summed E-state index contributed by atoms with van der Waals surface area (Å²) < 4.78 is 10.3. The number of carbonyl (C=O) groups is 2. The van der Waals surface area contributed by atoms with Crippen LogP contribution in [-0.2, 0) is 9.53 Å². The lowest BCUT2D eigenvalue weighted by Crippen LogP contribution is -2.31. The van der Waals surface area contributed by atoms with Gasteiger partial charge in [0, 0.05) is 6.07 Å². The van der Waals surface area contributed by atoms with Gasteiger partial charge in [0.05, 0.1) is 23.9 Å². The number of nitrogen functional groups attached to an aromatic ring is 1. The standard InChI is InChI=1S/C22H21ClN2O4/c1-13(15-9-5-7-14-6-3-4-8-16(14)15)25-21(26)12-29-22(27)17-10-18(23)19(24)11-20(17)28-2/h3-11,13H,12,24H2,1-2H3,(H,25,26). The highest BCUT2D eigenvalue weighted by Crippen LogP contribution is 2.29. The van der Waals surface area contributed by atoms with Gasteiger partial charge in [-0.3, -0.25) is 4.79 Å². The molecule has 0 aromatic heterocycles. The van der Waals surface area contributed by atoms with Crippen molar-refractivity contribution in [3.05, 3.63) is 70.7 Å². The lowest BCUT2D eigenvalue weighted by Gasteiger charge is -2.17. The summed E-state index contributed by atoms with van der Waals surface area (Å²) in [6.45, 7) is 1.45. The zero-order chi connectivity index (χ0) is 21.0. The molecule has 3 rings (SSSR count). The molecular formula is C22H21ClN2O4. The van der Waals surface area contributed by atoms with E-state index in [9.17, 15) is 9.59 Å². The van der Waals surface area contributed by atoms with Crippen molar-refractivity contribution >= 4 is 39.9 Å². The molecule has 0 fully saturated rings. The Bertz CT molecular complexity index is 1060. The molecule has 0 spiro atoms. The monoisotopic (exact) mass is 412 g/mol. The van der Waals surface area contributed by atoms with Crippen LogP contribution in [0.4, 0.5) is 5.69 Å². The average molecular weight is 413 g/mol. The van der Waals surface area contributed by atoms with Crippen molar-refractivity contribution in [3.8, 4) is 5.75 Å². The number of fused-ring (bicyclic) bond motifs is 1. The van der Waals surface area contributed by atoms with Crippen molar-refractivity contribution in [2.75, 3.05) is 19.5 Å². The average Bonchev–Trinajstić information content (AvgIpc) is 2.73. The Morgan fingerprint density at radius 3 is 2.62 bits per heavy atom. The third kappa shape index (κ3) is 4.60. The minimum absolute atomic E-state index is 0.0987. The first kappa shape index (κ1) is 20.5. The summed E-state index contributed by atoms with van der Waals surface area (Å²) >= 11 is 5.97. The first-order valence-corrected chi connectivity index (χ1v) is 9.35. The van der Waals surface area contributed by atoms with Crippen LogP contribution in [0, 0.1) is 0 Å². The second kappa shape index (κ2) is 8.84. The molecule has 3 N–H and O–H groups in total. The normalized spacial score (nSPS) is 11.7. The van der Waals surface area contributed by atoms with E-state index >= 15 is 0 Å². The van der Waals surface area contributed by atoms with E-state index in [2.05, 4.69) is 5.32 Å². The van der Waals surface area contributed by atoms with Gasteiger partial charge >= 0.3 is 5.97 Å². The summed E-state index contributed by atoms with van der Waals surface area (Å²) in [5.74, 6) is -0.919. The molecule has 1 atom stereocenters. The summed E-state index contributed by atoms with van der Waals surface area (Å²) in [5.41, 5.74) is 7.07. The number of halogens is 1. The van der Waals surface area contributed by atoms with Crippen LogP contribution in [0.3, 0.4) is 0 Å². The highest BCUT2D eigenvalue weighted by molar-refractivity contribution is 6.33. The molecule has 0 aliphatic rings. The fraction of sp³-hybridized carbons (Fsp3) is 0.182. The summed E-state index contributed by atoms with van der Waals surface area (Å²) in [6.07, 6.45) is 0. The van der Waals surface area contributed by atoms with Crippen LogP contribution in [-0.4, -0.2) is 25.6 Å². The van der Waals surface area contributed by atoms with Crippen LogP contribution in [0.25, 0.3) is 10.8 Å². The van der Waals surface area contributed by atoms with Gasteiger partial charge in [-0.05, 0) is 29.3 Å². The molecule has 29 heavy (non-hydrogen) atoms. The van der Waals surface area contributed by atoms with Gasteiger partial charge in [0.25, 0.3) is 5.91 Å². The molecule has 0 aliphatic carbocycles. The number of carbonyl (C=O) groups excluding carboxylic acids is 2. The van der Waals surface area contributed by atoms with Crippen LogP contribution in [0.5, 0.6) is 5.75 Å². The Hall–Kier alpha value is -3.25. The molecular weight excluding hydrogens is 392 g/mol. The molecule has 3 aromatic carbocycles. The van der Waals surface area contributed by atoms with Crippen molar-refractivity contribution in [2.45, 2.75) is 13.0 Å². The molecule has 1 amide bonds. The number of nitrogens with two attached hydrogens (primary N) is 1. The number of benzene rings is 3. The maximum Gasteiger partial charge on any atom is 0.342 e. The molecule has 0 saturated carbocycles. The zero-order valence-corrected chi connectivity index (χ0v) is 16.8. The van der Waals surface area contributed by atoms with E-state index in [1.54, 1.807) is 0 Å². The summed E-state index contributed by atoms with van der Waals surface area (Å²) in [6, 6.07) is 16.4. The van der Waals surface area contributed by atoms with Gasteiger partial charge in [-0.25, -0.2) is 4.79 Å². The van der Waals surface area contributed by atoms with Crippen LogP contribution < -0.4 is 15.8 Å². The van der Waals surface area contributed by atoms with Gasteiger partial charge in [0.2, 0.25) is 0 Å². The fourth-order valence-corrected chi connectivity index (χ4v) is 3.26. The van der Waals surface area contributed by atoms with E-state index in [-0.39, 0.29) is 28.1 Å². The predicted octanol–water partition coefficient (Wildman–Crippen LogP) is 4.12. The summed E-state index contributed by atoms with van der Waals surface area (Å²) in [7, 11) is 1.40. The third-order valence-electron chi connectivity index (χ3n) is 4.54. The highest BCUT2D eigenvalue weighted by Gasteiger charge is 2.19. The van der Waals surface area contributed by atoms with E-state index in [0.717, 1.165) is 16.3 Å². The topological polar surface area (TPSA) is 90.7 Å². The SMILES string of the molecule is COc1cc(N)c(Cl)cc1C(=O)OCC(=O)NC(C)c1cccc2ccccc12. The summed E-state index contributed by atoms with van der Waals surface area (Å²) in [4.78, 5) is 24.6. The van der Waals surface area contributed by atoms with Crippen molar-refractivity contribution in [1.82, 2.24) is 5.32 Å². The first-order valence-electron chi connectivity index (χ1n) is 8.98. The number of rotatable bonds is 6. The molecule has 3 aromatic rings. The van der Waals surface area contributed by atoms with Crippen molar-refractivity contribution in [1.29, 1.82) is 0 Å². The maximum atomic E-state index is 12.3. The molecule has 0 bridgehead atoms. The minimum atomic E-state index is -0.725. The number of hydrogen-bond donors (Lipinski definition) is 2. The molecule has 6 nitrogen and oxygen atoms in total. The minimum Gasteiger partial charge on any atom is -0.496 e. The van der Waals surface area contributed by atoms with E-state index < -0.39 is 18.5 Å². The Kier molecular flexibility index (Phi) is 6.24. The quantitative estimate of drug-likeness (QED) is 0.469. The molecule has 0 radical (unpaired) electrons. The van der Waals surface area contributed by atoms with Crippen LogP contribution in [0.2, 0.25) is 5.02 Å². The van der Waals surface area contributed by atoms with Crippen molar-refractivity contribution in [3.63, 3.8) is 0 Å². The smallest absolute Gasteiger partial charge is 0.342 e. The third-order valence-corrected chi connectivity index (χ3v) is 4.87. The van der Waals surface area contributed by atoms with Crippen LogP contribution >= 0.6 is 11.6 Å². The fourth-order valence-electron chi connectivity index (χ4n) is 3.10. The Morgan fingerprint density at radius 1 is 1.14 bits per heavy atom. The molecule has 0 aliphatic heterocycles. The first-order chi connectivity index (χ1) is 13.9. The van der Waals surface area contributed by atoms with Gasteiger partial charge in [-0.1, -0.05) is 54.1 Å². The van der Waals surface area contributed by atoms with Crippen LogP contribution in [0.15, 0.2) is 54.6 Å². The van der Waals surface area contributed by atoms with Gasteiger partial charge < -0.3 is 20.5 Å². The van der Waals surface area contributed by atoms with E-state index in [1.807, 2.05) is 49.4 Å². The number of nitrogens with one attached hydrogen (secondary N) is 1. The molecule has 0 heterocycles. The van der Waals surface area contributed by atoms with Gasteiger partial charge in [0.1, 0.15) is 11.3 Å². The number of ether oxygens (including phenoxy) is 2. The second-order valence-electron chi connectivity index (χ2n) is 6.51. The largest absolute Gasteiger partial charge is 0.496 e. The molecule has 1 unspecified atom stereocenters. The molecule has 0 saturated heterocycles. The van der Waals surface area contributed by atoms with E-state index in [1.165, 1.54) is 19.2 Å². The lowest BCUT2D eigenvalue weighted by molar-refractivity contribution is -0.124. The Balaban J connectivity index is 1.65. The number of hydrogen-bond acceptors (Lipinski definition) is 5. The lowest BCUT2D eigenvalue weighted by atomic mass is 10.00. The Labute approximate surface area is 173 Å². The van der Waals surface area contributed by atoms with Gasteiger partial charge in [-0.2, -0.15) is 0 Å². The van der Waals surface area contributed by atoms with E-state index in [4.69, 9.17) is 26.8 Å².